The summed E-state index contributed by atoms with van der Waals surface area (Å²) in [6, 6.07) is -0.0422. The molecule has 0 amide bonds. The van der Waals surface area contributed by atoms with E-state index in [1.54, 1.807) is 25.6 Å². The molecule has 0 aliphatic heterocycles. The van der Waals surface area contributed by atoms with E-state index >= 15 is 0 Å². The van der Waals surface area contributed by atoms with Gasteiger partial charge in [-0.05, 0) is 33.7 Å². The summed E-state index contributed by atoms with van der Waals surface area (Å²) in [7, 11) is -0.0237. The first-order valence-electron chi connectivity index (χ1n) is 7.12. The van der Waals surface area contributed by atoms with Crippen molar-refractivity contribution in [3.63, 3.8) is 0 Å². The van der Waals surface area contributed by atoms with Crippen LogP contribution >= 0.6 is 0 Å². The molecule has 0 bridgehead atoms. The van der Waals surface area contributed by atoms with Gasteiger partial charge in [0.25, 0.3) is 0 Å². The summed E-state index contributed by atoms with van der Waals surface area (Å²) in [5.74, 6) is 0. The van der Waals surface area contributed by atoms with Crippen molar-refractivity contribution >= 4 is 10.0 Å². The first-order valence-corrected chi connectivity index (χ1v) is 8.61. The molecule has 2 N–H and O–H groups in total. The van der Waals surface area contributed by atoms with Crippen LogP contribution in [0.4, 0.5) is 0 Å². The molecular formula is C13H24N4O3S. The number of aryl methyl sites for hydroxylation is 1. The fraction of sp³-hybridized carbons (Fsp3) is 0.769. The van der Waals surface area contributed by atoms with E-state index in [1.165, 1.54) is 0 Å². The smallest absolute Gasteiger partial charge is 0.244 e. The van der Waals surface area contributed by atoms with E-state index in [9.17, 15) is 8.42 Å². The van der Waals surface area contributed by atoms with E-state index in [0.717, 1.165) is 19.4 Å². The van der Waals surface area contributed by atoms with Gasteiger partial charge in [-0.15, -0.1) is 0 Å². The predicted octanol–water partition coefficient (Wildman–Crippen LogP) is 0.175. The Morgan fingerprint density at radius 1 is 1.38 bits per heavy atom. The summed E-state index contributed by atoms with van der Waals surface area (Å²) >= 11 is 0. The molecule has 120 valence electrons. The number of hydrogen-bond donors (Lipinski definition) is 2. The maximum Gasteiger partial charge on any atom is 0.244 e. The van der Waals surface area contributed by atoms with Crippen LogP contribution in [0, 0.1) is 13.8 Å². The number of hydrogen-bond acceptors (Lipinski definition) is 5. The monoisotopic (exact) mass is 316 g/mol. The molecule has 0 spiro atoms. The van der Waals surface area contributed by atoms with Gasteiger partial charge in [0, 0.05) is 19.7 Å². The molecule has 1 heterocycles. The molecule has 1 fully saturated rings. The largest absolute Gasteiger partial charge is 0.381 e. The van der Waals surface area contributed by atoms with Crippen LogP contribution in [0.25, 0.3) is 0 Å². The lowest BCUT2D eigenvalue weighted by Gasteiger charge is -2.34. The number of sulfonamides is 1. The highest BCUT2D eigenvalue weighted by Crippen LogP contribution is 2.26. The number of nitrogens with zero attached hydrogens (tertiary/aromatic N) is 2. The summed E-state index contributed by atoms with van der Waals surface area (Å²) < 4.78 is 34.7. The van der Waals surface area contributed by atoms with Gasteiger partial charge in [-0.2, -0.15) is 5.10 Å². The molecule has 1 aromatic rings. The normalized spacial score (nSPS) is 22.3. The van der Waals surface area contributed by atoms with Gasteiger partial charge in [-0.1, -0.05) is 0 Å². The van der Waals surface area contributed by atoms with Gasteiger partial charge in [-0.25, -0.2) is 13.1 Å². The molecule has 8 heteroatoms. The molecule has 1 aliphatic rings. The minimum atomic E-state index is -3.53. The second-order valence-electron chi connectivity index (χ2n) is 5.47. The standard InChI is InChI=1S/C13H24N4O3S/c1-9-13(10(2)17(15-9)6-5-14-3)21(18,19)16-11-7-12(8-11)20-4/h11-12,14,16H,5-8H2,1-4H3. The minimum Gasteiger partial charge on any atom is -0.381 e. The SMILES string of the molecule is CNCCn1nc(C)c(S(=O)(=O)NC2CC(OC)C2)c1C. The van der Waals surface area contributed by atoms with Gasteiger partial charge in [-0.3, -0.25) is 4.68 Å². The highest BCUT2D eigenvalue weighted by atomic mass is 32.2. The summed E-state index contributed by atoms with van der Waals surface area (Å²) in [6.45, 7) is 4.92. The van der Waals surface area contributed by atoms with E-state index < -0.39 is 10.0 Å². The number of aromatic nitrogens is 2. The lowest BCUT2D eigenvalue weighted by molar-refractivity contribution is 0.0236. The fourth-order valence-electron chi connectivity index (χ4n) is 2.64. The quantitative estimate of drug-likeness (QED) is 0.749. The number of methoxy groups -OCH3 is 1. The van der Waals surface area contributed by atoms with Crippen LogP contribution < -0.4 is 10.0 Å². The summed E-state index contributed by atoms with van der Waals surface area (Å²) in [5, 5.41) is 7.36. The van der Waals surface area contributed by atoms with Crippen LogP contribution in [-0.2, 0) is 21.3 Å². The lowest BCUT2D eigenvalue weighted by Crippen LogP contribution is -2.47. The lowest BCUT2D eigenvalue weighted by atomic mass is 9.90. The van der Waals surface area contributed by atoms with E-state index in [1.807, 2.05) is 7.05 Å². The number of likely N-dealkylation sites (N-methyl/N-ethyl adjacent to an activating group) is 1. The van der Waals surface area contributed by atoms with Crippen molar-refractivity contribution in [1.29, 1.82) is 0 Å². The Morgan fingerprint density at radius 3 is 2.62 bits per heavy atom. The van der Waals surface area contributed by atoms with Crippen molar-refractivity contribution in [1.82, 2.24) is 19.8 Å². The second-order valence-corrected chi connectivity index (χ2v) is 7.12. The molecule has 0 atom stereocenters. The third-order valence-electron chi connectivity index (χ3n) is 3.91. The van der Waals surface area contributed by atoms with Crippen LogP contribution in [0.2, 0.25) is 0 Å². The second kappa shape index (κ2) is 6.43. The molecule has 1 aromatic heterocycles. The van der Waals surface area contributed by atoms with Gasteiger partial charge in [0.15, 0.2) is 0 Å². The summed E-state index contributed by atoms with van der Waals surface area (Å²) in [6.07, 6.45) is 1.61. The Hall–Kier alpha value is -0.960. The molecule has 0 unspecified atom stereocenters. The topological polar surface area (TPSA) is 85.2 Å². The van der Waals surface area contributed by atoms with E-state index in [2.05, 4.69) is 15.1 Å². The van der Waals surface area contributed by atoms with Crippen molar-refractivity contribution < 1.29 is 13.2 Å². The molecule has 1 aliphatic carbocycles. The van der Waals surface area contributed by atoms with Gasteiger partial charge in [0.05, 0.1) is 24.0 Å². The minimum absolute atomic E-state index is 0.0422. The Bertz CT molecular complexity index is 591. The first kappa shape index (κ1) is 16.4. The molecule has 7 nitrogen and oxygen atoms in total. The molecule has 0 aromatic carbocycles. The van der Waals surface area contributed by atoms with Crippen molar-refractivity contribution in [2.24, 2.45) is 0 Å². The number of ether oxygens (including phenoxy) is 1. The Morgan fingerprint density at radius 2 is 2.05 bits per heavy atom. The third kappa shape index (κ3) is 3.45. The van der Waals surface area contributed by atoms with Gasteiger partial charge in [0.2, 0.25) is 10.0 Å². The molecule has 1 saturated carbocycles. The Kier molecular flexibility index (Phi) is 5.03. The van der Waals surface area contributed by atoms with Crippen molar-refractivity contribution in [2.45, 2.75) is 50.3 Å². The average Bonchev–Trinajstić information content (AvgIpc) is 2.66. The average molecular weight is 316 g/mol. The van der Waals surface area contributed by atoms with Crippen LogP contribution in [0.3, 0.4) is 0 Å². The maximum atomic E-state index is 12.5. The number of nitrogens with one attached hydrogen (secondary N) is 2. The summed E-state index contributed by atoms with van der Waals surface area (Å²) in [4.78, 5) is 0.305. The van der Waals surface area contributed by atoms with Crippen molar-refractivity contribution in [3.8, 4) is 0 Å². The highest BCUT2D eigenvalue weighted by Gasteiger charge is 2.34. The zero-order valence-electron chi connectivity index (χ0n) is 13.0. The van der Waals surface area contributed by atoms with Crippen molar-refractivity contribution in [3.05, 3.63) is 11.4 Å². The van der Waals surface area contributed by atoms with E-state index in [-0.39, 0.29) is 12.1 Å². The van der Waals surface area contributed by atoms with Crippen LogP contribution in [0.5, 0.6) is 0 Å². The van der Waals surface area contributed by atoms with Crippen LogP contribution in [0.1, 0.15) is 24.2 Å². The predicted molar refractivity (Wildman–Crippen MR) is 79.8 cm³/mol. The van der Waals surface area contributed by atoms with E-state index in [4.69, 9.17) is 4.74 Å². The zero-order valence-corrected chi connectivity index (χ0v) is 13.8. The Balaban J connectivity index is 2.14. The molecule has 0 saturated heterocycles. The van der Waals surface area contributed by atoms with Gasteiger partial charge in [0.1, 0.15) is 4.90 Å². The molecular weight excluding hydrogens is 292 g/mol. The highest BCUT2D eigenvalue weighted by molar-refractivity contribution is 7.89. The summed E-state index contributed by atoms with van der Waals surface area (Å²) in [5.41, 5.74) is 1.22. The van der Waals surface area contributed by atoms with Gasteiger partial charge < -0.3 is 10.1 Å². The zero-order chi connectivity index (χ0) is 15.6. The van der Waals surface area contributed by atoms with E-state index in [0.29, 0.717) is 22.8 Å². The third-order valence-corrected chi connectivity index (χ3v) is 5.68. The maximum absolute atomic E-state index is 12.5. The molecule has 2 rings (SSSR count). The number of rotatable bonds is 7. The molecule has 0 radical (unpaired) electrons. The van der Waals surface area contributed by atoms with Crippen molar-refractivity contribution in [2.75, 3.05) is 20.7 Å². The van der Waals surface area contributed by atoms with Crippen LogP contribution in [0.15, 0.2) is 4.90 Å². The van der Waals surface area contributed by atoms with Crippen LogP contribution in [-0.4, -0.2) is 51.0 Å². The van der Waals surface area contributed by atoms with Gasteiger partial charge >= 0.3 is 0 Å². The Labute approximate surface area is 126 Å². The molecule has 21 heavy (non-hydrogen) atoms. The first-order chi connectivity index (χ1) is 9.89. The fourth-order valence-corrected chi connectivity index (χ4v) is 4.31.